The molecule has 5 N–H and O–H groups in total. The monoisotopic (exact) mass is 409 g/mol. The molecule has 154 valence electrons. The van der Waals surface area contributed by atoms with Crippen molar-refractivity contribution < 1.29 is 18.9 Å². The number of carbonyl (C=O) groups is 2. The lowest BCUT2D eigenvalue weighted by Crippen LogP contribution is -2.34. The Morgan fingerprint density at radius 3 is 2.50 bits per heavy atom. The van der Waals surface area contributed by atoms with Crippen LogP contribution < -0.4 is 21.9 Å². The van der Waals surface area contributed by atoms with Crippen LogP contribution in [-0.4, -0.2) is 16.7 Å². The summed E-state index contributed by atoms with van der Waals surface area (Å²) < 4.78 is 5.32. The van der Waals surface area contributed by atoms with Crippen molar-refractivity contribution in [2.24, 2.45) is 5.84 Å². The molecule has 0 saturated carbocycles. The maximum atomic E-state index is 11.9. The molecule has 0 bridgehead atoms. The van der Waals surface area contributed by atoms with Crippen LogP contribution in [-0.2, 0) is 0 Å². The van der Waals surface area contributed by atoms with Crippen molar-refractivity contribution in [1.29, 1.82) is 0 Å². The van der Waals surface area contributed by atoms with Gasteiger partial charge < -0.3 is 15.1 Å². The van der Waals surface area contributed by atoms with Crippen molar-refractivity contribution in [2.75, 3.05) is 10.6 Å². The van der Waals surface area contributed by atoms with E-state index in [2.05, 4.69) is 10.6 Å². The van der Waals surface area contributed by atoms with Crippen LogP contribution in [0.1, 0.15) is 28.6 Å². The summed E-state index contributed by atoms with van der Waals surface area (Å²) in [6, 6.07) is 16.1. The molecule has 10 nitrogen and oxygen atoms in total. The molecule has 2 amide bonds. The number of nitro groups is 1. The molecule has 1 aliphatic rings. The second kappa shape index (κ2) is 9.34. The number of nitrogens with zero attached hydrogens (tertiary/aromatic N) is 1. The molecule has 2 aromatic carbocycles. The zero-order chi connectivity index (χ0) is 21.5. The van der Waals surface area contributed by atoms with E-state index in [9.17, 15) is 19.7 Å². The Bertz CT molecular complexity index is 1030. The number of carbonyl (C=O) groups excluding carboxylic acids is 2. The number of urea groups is 1. The predicted octanol–water partition coefficient (Wildman–Crippen LogP) is 3.61. The number of rotatable bonds is 3. The zero-order valence-electron chi connectivity index (χ0n) is 15.7. The average Bonchev–Trinajstić information content (AvgIpc) is 3.29. The van der Waals surface area contributed by atoms with E-state index < -0.39 is 11.0 Å². The largest absolute Gasteiger partial charge is 0.467 e. The first-order valence-corrected chi connectivity index (χ1v) is 8.92. The van der Waals surface area contributed by atoms with Crippen molar-refractivity contribution in [1.82, 2.24) is 5.43 Å². The minimum Gasteiger partial charge on any atom is -0.467 e. The Morgan fingerprint density at radius 1 is 1.13 bits per heavy atom. The Labute approximate surface area is 171 Å². The third kappa shape index (κ3) is 5.00. The zero-order valence-corrected chi connectivity index (χ0v) is 15.7. The van der Waals surface area contributed by atoms with Gasteiger partial charge in [-0.05, 0) is 36.4 Å². The van der Waals surface area contributed by atoms with Crippen LogP contribution >= 0.6 is 0 Å². The van der Waals surface area contributed by atoms with Gasteiger partial charge in [0.15, 0.2) is 5.78 Å². The Balaban J connectivity index is 0.000000173. The lowest BCUT2D eigenvalue weighted by atomic mass is 9.95. The number of fused-ring (bicyclic) bond motifs is 1. The maximum absolute atomic E-state index is 11.9. The average molecular weight is 409 g/mol. The van der Waals surface area contributed by atoms with Gasteiger partial charge in [-0.3, -0.25) is 20.3 Å². The number of Topliss-reactive ketones (excluding diaryl/α,β-unsaturated/α-hetero) is 1. The van der Waals surface area contributed by atoms with Gasteiger partial charge in [-0.2, -0.15) is 0 Å². The van der Waals surface area contributed by atoms with Crippen LogP contribution in [0.3, 0.4) is 0 Å². The third-order valence-corrected chi connectivity index (χ3v) is 4.30. The Hall–Kier alpha value is -4.18. The lowest BCUT2D eigenvalue weighted by Gasteiger charge is -2.24. The molecule has 0 spiro atoms. The van der Waals surface area contributed by atoms with Crippen molar-refractivity contribution in [3.8, 4) is 0 Å². The smallest absolute Gasteiger partial charge is 0.333 e. The second-order valence-electron chi connectivity index (χ2n) is 6.29. The fraction of sp³-hybridized carbons (Fsp3) is 0.100. The number of furan rings is 1. The van der Waals surface area contributed by atoms with Gasteiger partial charge in [0, 0.05) is 35.5 Å². The summed E-state index contributed by atoms with van der Waals surface area (Å²) in [4.78, 5) is 32.4. The Kier molecular flexibility index (Phi) is 6.40. The third-order valence-electron chi connectivity index (χ3n) is 4.30. The highest BCUT2D eigenvalue weighted by molar-refractivity contribution is 6.03. The first kappa shape index (κ1) is 20.6. The molecule has 1 aliphatic heterocycles. The summed E-state index contributed by atoms with van der Waals surface area (Å²) in [7, 11) is 0. The number of hydrazine groups is 1. The van der Waals surface area contributed by atoms with Crippen molar-refractivity contribution in [3.05, 3.63) is 88.4 Å². The second-order valence-corrected chi connectivity index (χ2v) is 6.29. The number of nitrogens with one attached hydrogen (secondary N) is 3. The standard InChI is InChI=1S/C13H11NO2.C7H8N4O3/c15-12-8-11(13-6-3-7-16-13)14-10-5-2-1-4-9(10)12;8-10-7(12)9-5-1-3-6(4-2-5)11(13)14/h1-7,11,14H,8H2;1-4H,8H2,(H2,9,10,12). The number of para-hydroxylation sites is 1. The number of non-ortho nitro benzene ring substituents is 1. The molecule has 4 rings (SSSR count). The first-order valence-electron chi connectivity index (χ1n) is 8.92. The van der Waals surface area contributed by atoms with E-state index in [-0.39, 0.29) is 17.5 Å². The number of amides is 2. The fourth-order valence-electron chi connectivity index (χ4n) is 2.88. The van der Waals surface area contributed by atoms with E-state index in [0.29, 0.717) is 12.1 Å². The molecule has 0 aliphatic carbocycles. The van der Waals surface area contributed by atoms with Crippen LogP contribution in [0, 0.1) is 10.1 Å². The molecule has 3 aromatic rings. The fourth-order valence-corrected chi connectivity index (χ4v) is 2.88. The van der Waals surface area contributed by atoms with Crippen LogP contribution in [0.25, 0.3) is 0 Å². The van der Waals surface area contributed by atoms with Gasteiger partial charge in [0.2, 0.25) is 0 Å². The first-order chi connectivity index (χ1) is 14.5. The summed E-state index contributed by atoms with van der Waals surface area (Å²) in [5.74, 6) is 5.80. The van der Waals surface area contributed by atoms with E-state index in [1.54, 1.807) is 6.26 Å². The highest BCUT2D eigenvalue weighted by Crippen LogP contribution is 2.32. The summed E-state index contributed by atoms with van der Waals surface area (Å²) in [5, 5.41) is 16.0. The molecule has 0 saturated heterocycles. The summed E-state index contributed by atoms with van der Waals surface area (Å²) in [6.07, 6.45) is 2.08. The number of anilines is 2. The quantitative estimate of drug-likeness (QED) is 0.223. The summed E-state index contributed by atoms with van der Waals surface area (Å²) in [6.45, 7) is 0. The normalized spacial score (nSPS) is 14.4. The van der Waals surface area contributed by atoms with E-state index in [0.717, 1.165) is 17.0 Å². The summed E-state index contributed by atoms with van der Waals surface area (Å²) >= 11 is 0. The van der Waals surface area contributed by atoms with Gasteiger partial charge in [-0.25, -0.2) is 10.6 Å². The SMILES string of the molecule is NNC(=O)Nc1ccc([N+](=O)[O-])cc1.O=C1CC(c2ccco2)Nc2ccccc21. The van der Waals surface area contributed by atoms with E-state index >= 15 is 0 Å². The van der Waals surface area contributed by atoms with Gasteiger partial charge in [-0.1, -0.05) is 12.1 Å². The predicted molar refractivity (Wildman–Crippen MR) is 110 cm³/mol. The molecule has 10 heteroatoms. The number of ketones is 1. The van der Waals surface area contributed by atoms with E-state index in [4.69, 9.17) is 10.3 Å². The van der Waals surface area contributed by atoms with Gasteiger partial charge >= 0.3 is 6.03 Å². The molecule has 0 fully saturated rings. The van der Waals surface area contributed by atoms with Crippen molar-refractivity contribution >= 4 is 28.9 Å². The molecular weight excluding hydrogens is 390 g/mol. The highest BCUT2D eigenvalue weighted by Gasteiger charge is 2.26. The topological polar surface area (TPSA) is 153 Å². The van der Waals surface area contributed by atoms with Gasteiger partial charge in [-0.15, -0.1) is 0 Å². The number of nitrogens with two attached hydrogens (primary N) is 1. The lowest BCUT2D eigenvalue weighted by molar-refractivity contribution is -0.384. The van der Waals surface area contributed by atoms with Crippen LogP contribution in [0.15, 0.2) is 71.3 Å². The number of hydrogen-bond donors (Lipinski definition) is 4. The van der Waals surface area contributed by atoms with E-state index in [1.807, 2.05) is 41.8 Å². The molecule has 0 radical (unpaired) electrons. The van der Waals surface area contributed by atoms with E-state index in [1.165, 1.54) is 24.3 Å². The van der Waals surface area contributed by atoms with Crippen LogP contribution in [0.2, 0.25) is 0 Å². The molecule has 1 unspecified atom stereocenters. The van der Waals surface area contributed by atoms with Crippen molar-refractivity contribution in [2.45, 2.75) is 12.5 Å². The molecule has 1 atom stereocenters. The number of benzene rings is 2. The highest BCUT2D eigenvalue weighted by atomic mass is 16.6. The van der Waals surface area contributed by atoms with Crippen LogP contribution in [0.4, 0.5) is 21.9 Å². The number of hydrogen-bond acceptors (Lipinski definition) is 7. The van der Waals surface area contributed by atoms with Gasteiger partial charge in [0.1, 0.15) is 5.76 Å². The molecule has 2 heterocycles. The molecular formula is C20H19N5O5. The Morgan fingerprint density at radius 2 is 1.87 bits per heavy atom. The maximum Gasteiger partial charge on any atom is 0.333 e. The van der Waals surface area contributed by atoms with Gasteiger partial charge in [0.05, 0.1) is 17.2 Å². The minimum absolute atomic E-state index is 0.0382. The summed E-state index contributed by atoms with van der Waals surface area (Å²) in [5.41, 5.74) is 3.92. The van der Waals surface area contributed by atoms with Gasteiger partial charge in [0.25, 0.3) is 5.69 Å². The molecule has 30 heavy (non-hydrogen) atoms. The van der Waals surface area contributed by atoms with Crippen LogP contribution in [0.5, 0.6) is 0 Å². The number of nitro benzene ring substituents is 1. The van der Waals surface area contributed by atoms with Crippen molar-refractivity contribution in [3.63, 3.8) is 0 Å². The molecule has 1 aromatic heterocycles. The minimum atomic E-state index is -0.584.